The van der Waals surface area contributed by atoms with Crippen molar-refractivity contribution in [2.24, 2.45) is 0 Å². The third-order valence-corrected chi connectivity index (χ3v) is 20.2. The molecule has 2 aliphatic heterocycles. The fraction of sp³-hybridized carbons (Fsp3) is 0.333. The number of rotatable bonds is 1. The fourth-order valence-corrected chi connectivity index (χ4v) is 15.3. The minimum atomic E-state index is -0.288. The van der Waals surface area contributed by atoms with Gasteiger partial charge in [0.05, 0.1) is 22.4 Å². The maximum atomic E-state index is 7.57. The smallest absolute Gasteiger partial charge is 0.333 e. The van der Waals surface area contributed by atoms with E-state index in [0.717, 1.165) is 103 Å². The van der Waals surface area contributed by atoms with Crippen molar-refractivity contribution in [3.05, 3.63) is 149 Å². The van der Waals surface area contributed by atoms with E-state index >= 15 is 0 Å². The molecule has 0 N–H and O–H groups in total. The van der Waals surface area contributed by atoms with Crippen LogP contribution in [0, 0.1) is 0 Å². The predicted molar refractivity (Wildman–Crippen MR) is 330 cm³/mol. The maximum Gasteiger partial charge on any atom is 0.333 e. The standard InChI is InChI=1S/C72H69BN2O3/c1-67(2,3)38-22-24-54-43(30-38)46-31-39(68(4,5)6)32-53-62(46)74(54)63-61-48(33-47-40-18-15-16-21-57(40)76-66(47)63)60-55(25-23-42-45-35-50-52(37-59(45)78-65(42)60)72(13,14)29-27-70(50,9)10)75(73(53)61)56-20-17-19-41-44-34-49-51(36-58(44)77-64(41)56)71(11,12)28-26-69(49,7)8/h15-25,30-37H,26-29H2,1-14H3. The van der Waals surface area contributed by atoms with Crippen LogP contribution in [0.25, 0.3) is 104 Å². The Hall–Kier alpha value is -7.18. The van der Waals surface area contributed by atoms with Gasteiger partial charge in [0.2, 0.25) is 0 Å². The van der Waals surface area contributed by atoms with Gasteiger partial charge in [-0.2, -0.15) is 0 Å². The number of para-hydroxylation sites is 2. The molecular formula is C72H69BN2O3. The number of aromatic nitrogens is 1. The average Bonchev–Trinajstić information content (AvgIpc) is 4.34. The summed E-state index contributed by atoms with van der Waals surface area (Å²) in [7, 11) is 0. The molecule has 0 amide bonds. The summed E-state index contributed by atoms with van der Waals surface area (Å²) < 4.78 is 25.0. The van der Waals surface area contributed by atoms with E-state index in [2.05, 4.69) is 222 Å². The first-order valence-electron chi connectivity index (χ1n) is 28.9. The van der Waals surface area contributed by atoms with E-state index in [1.165, 1.54) is 82.4 Å². The van der Waals surface area contributed by atoms with E-state index in [9.17, 15) is 0 Å². The maximum absolute atomic E-state index is 7.57. The van der Waals surface area contributed by atoms with E-state index in [0.29, 0.717) is 0 Å². The van der Waals surface area contributed by atoms with Crippen molar-refractivity contribution in [1.82, 2.24) is 4.57 Å². The van der Waals surface area contributed by atoms with E-state index in [1.54, 1.807) is 0 Å². The Morgan fingerprint density at radius 2 is 1.00 bits per heavy atom. The highest BCUT2D eigenvalue weighted by Crippen LogP contribution is 2.56. The van der Waals surface area contributed by atoms with Gasteiger partial charge < -0.3 is 22.6 Å². The average molecular weight is 1020 g/mol. The molecule has 0 saturated carbocycles. The summed E-state index contributed by atoms with van der Waals surface area (Å²) in [4.78, 5) is 2.65. The Kier molecular flexibility index (Phi) is 8.74. The number of anilines is 2. The second-order valence-electron chi connectivity index (χ2n) is 29.0. The SMILES string of the molecule is CC(C)(C)c1ccc2c(c1)c1cc(C(C)(C)C)cc3c1n2-c1c2c(cc4c1oc1ccccc14)-c1c(ccc4c1oc1cc5c(cc14)C(C)(C)CCC5(C)C)N(c1cccc4c1oc1cc5c(cc14)C(C)(C)CCC5(C)C)B23. The molecule has 4 aliphatic rings. The predicted octanol–water partition coefficient (Wildman–Crippen LogP) is 19.0. The Bertz CT molecular complexity index is 4720. The van der Waals surface area contributed by atoms with Gasteiger partial charge in [-0.15, -0.1) is 0 Å². The van der Waals surface area contributed by atoms with Crippen LogP contribution in [0.1, 0.15) is 156 Å². The summed E-state index contributed by atoms with van der Waals surface area (Å²) in [5.74, 6) is 0. The largest absolute Gasteiger partial charge is 0.455 e. The molecule has 16 rings (SSSR count). The Balaban J connectivity index is 1.10. The van der Waals surface area contributed by atoms with Gasteiger partial charge in [0.1, 0.15) is 22.3 Å². The van der Waals surface area contributed by atoms with Gasteiger partial charge in [0.25, 0.3) is 0 Å². The molecule has 0 spiro atoms. The quantitative estimate of drug-likeness (QED) is 0.154. The summed E-state index contributed by atoms with van der Waals surface area (Å²) in [5, 5.41) is 9.38. The van der Waals surface area contributed by atoms with Crippen molar-refractivity contribution in [1.29, 1.82) is 0 Å². The van der Waals surface area contributed by atoms with Crippen molar-refractivity contribution in [3.63, 3.8) is 0 Å². The molecule has 0 bridgehead atoms. The normalized spacial score (nSPS) is 18.0. The molecule has 2 aliphatic carbocycles. The molecule has 12 aromatic rings. The van der Waals surface area contributed by atoms with Gasteiger partial charge in [0.15, 0.2) is 11.2 Å². The Morgan fingerprint density at radius 1 is 0.436 bits per heavy atom. The van der Waals surface area contributed by atoms with Gasteiger partial charge in [0, 0.05) is 54.3 Å². The fourth-order valence-electron chi connectivity index (χ4n) is 15.3. The van der Waals surface area contributed by atoms with E-state index in [1.807, 2.05) is 0 Å². The molecule has 5 nitrogen and oxygen atoms in total. The van der Waals surface area contributed by atoms with Crippen LogP contribution >= 0.6 is 0 Å². The van der Waals surface area contributed by atoms with E-state index in [4.69, 9.17) is 13.3 Å². The van der Waals surface area contributed by atoms with Crippen LogP contribution in [0.15, 0.2) is 129 Å². The summed E-state index contributed by atoms with van der Waals surface area (Å²) in [6.07, 6.45) is 4.57. The first kappa shape index (κ1) is 46.9. The molecule has 6 heterocycles. The highest BCUT2D eigenvalue weighted by Gasteiger charge is 2.48. The zero-order valence-electron chi connectivity index (χ0n) is 48.0. The lowest BCUT2D eigenvalue weighted by Crippen LogP contribution is -2.61. The molecule has 0 atom stereocenters. The van der Waals surface area contributed by atoms with Crippen LogP contribution in [0.4, 0.5) is 11.4 Å². The topological polar surface area (TPSA) is 47.6 Å². The molecule has 0 fully saturated rings. The monoisotopic (exact) mass is 1020 g/mol. The van der Waals surface area contributed by atoms with Gasteiger partial charge in [-0.25, -0.2) is 0 Å². The molecule has 6 heteroatoms. The van der Waals surface area contributed by atoms with Crippen LogP contribution in [0.5, 0.6) is 0 Å². The van der Waals surface area contributed by atoms with Crippen molar-refractivity contribution < 1.29 is 13.3 Å². The first-order chi connectivity index (χ1) is 36.9. The summed E-state index contributed by atoms with van der Waals surface area (Å²) in [6, 6.07) is 44.8. The third-order valence-electron chi connectivity index (χ3n) is 20.2. The molecule has 0 unspecified atom stereocenters. The lowest BCUT2D eigenvalue weighted by atomic mass is 9.43. The summed E-state index contributed by atoms with van der Waals surface area (Å²) in [6.45, 7) is 33.1. The van der Waals surface area contributed by atoms with E-state index in [-0.39, 0.29) is 39.3 Å². The zero-order chi connectivity index (χ0) is 53.9. The lowest BCUT2D eigenvalue weighted by molar-refractivity contribution is 0.332. The molecule has 388 valence electrons. The van der Waals surface area contributed by atoms with Gasteiger partial charge >= 0.3 is 6.85 Å². The summed E-state index contributed by atoms with van der Waals surface area (Å²) >= 11 is 0. The molecule has 8 aromatic carbocycles. The lowest BCUT2D eigenvalue weighted by Gasteiger charge is -2.42. The number of hydrogen-bond donors (Lipinski definition) is 0. The van der Waals surface area contributed by atoms with Crippen LogP contribution in [-0.2, 0) is 32.5 Å². The number of fused-ring (bicyclic) bond motifs is 20. The number of benzene rings is 8. The molecule has 0 radical (unpaired) electrons. The second kappa shape index (κ2) is 14.5. The molecule has 78 heavy (non-hydrogen) atoms. The van der Waals surface area contributed by atoms with Crippen LogP contribution < -0.4 is 15.7 Å². The highest BCUT2D eigenvalue weighted by atomic mass is 16.3. The van der Waals surface area contributed by atoms with Gasteiger partial charge in [-0.3, -0.25) is 0 Å². The van der Waals surface area contributed by atoms with Crippen molar-refractivity contribution in [2.45, 2.75) is 155 Å². The highest BCUT2D eigenvalue weighted by molar-refractivity contribution is 6.94. The summed E-state index contributed by atoms with van der Waals surface area (Å²) in [5.41, 5.74) is 24.2. The Morgan fingerprint density at radius 3 is 1.64 bits per heavy atom. The number of furan rings is 3. The van der Waals surface area contributed by atoms with Crippen LogP contribution in [0.2, 0.25) is 0 Å². The van der Waals surface area contributed by atoms with Crippen molar-refractivity contribution in [3.8, 4) is 16.8 Å². The molecule has 4 aromatic heterocycles. The second-order valence-corrected chi connectivity index (χ2v) is 29.0. The van der Waals surface area contributed by atoms with Crippen molar-refractivity contribution >= 4 is 117 Å². The number of hydrogen-bond acceptors (Lipinski definition) is 4. The van der Waals surface area contributed by atoms with E-state index < -0.39 is 0 Å². The van der Waals surface area contributed by atoms with Gasteiger partial charge in [-0.05, 0) is 181 Å². The Labute approximate surface area is 457 Å². The zero-order valence-corrected chi connectivity index (χ0v) is 48.0. The van der Waals surface area contributed by atoms with Crippen LogP contribution in [0.3, 0.4) is 0 Å². The van der Waals surface area contributed by atoms with Crippen molar-refractivity contribution in [2.75, 3.05) is 4.81 Å². The minimum absolute atomic E-state index is 0.0295. The van der Waals surface area contributed by atoms with Gasteiger partial charge in [-0.1, -0.05) is 139 Å². The first-order valence-corrected chi connectivity index (χ1v) is 28.9. The molecule has 0 saturated heterocycles. The molecular weight excluding hydrogens is 952 g/mol. The van der Waals surface area contributed by atoms with Crippen LogP contribution in [-0.4, -0.2) is 11.4 Å². The third kappa shape index (κ3) is 5.99. The number of nitrogens with zero attached hydrogens (tertiary/aromatic N) is 2. The minimum Gasteiger partial charge on any atom is -0.455 e.